The van der Waals surface area contributed by atoms with Crippen LogP contribution in [0.2, 0.25) is 0 Å². The molecule has 0 saturated heterocycles. The van der Waals surface area contributed by atoms with E-state index < -0.39 is 6.09 Å². The second-order valence-electron chi connectivity index (χ2n) is 6.78. The van der Waals surface area contributed by atoms with E-state index in [2.05, 4.69) is 26.9 Å². The van der Waals surface area contributed by atoms with Gasteiger partial charge in [-0.15, -0.1) is 0 Å². The van der Waals surface area contributed by atoms with Gasteiger partial charge in [-0.3, -0.25) is 5.32 Å². The van der Waals surface area contributed by atoms with Gasteiger partial charge >= 0.3 is 6.09 Å². The van der Waals surface area contributed by atoms with E-state index in [0.29, 0.717) is 24.0 Å². The van der Waals surface area contributed by atoms with Crippen molar-refractivity contribution in [2.24, 2.45) is 11.7 Å². The van der Waals surface area contributed by atoms with Crippen molar-refractivity contribution in [2.45, 2.75) is 38.6 Å². The third-order valence-corrected chi connectivity index (χ3v) is 4.72. The number of carbonyl (C=O) groups is 1. The van der Waals surface area contributed by atoms with E-state index >= 15 is 0 Å². The number of aromatic amines is 1. The molecule has 0 saturated carbocycles. The maximum atomic E-state index is 11.5. The van der Waals surface area contributed by atoms with E-state index in [9.17, 15) is 4.79 Å². The number of hydrogen-bond donors (Lipinski definition) is 3. The number of fused-ring (bicyclic) bond motifs is 4. The van der Waals surface area contributed by atoms with Gasteiger partial charge in [-0.1, -0.05) is 19.8 Å². The number of aromatic nitrogens is 2. The Bertz CT molecular complexity index is 759. The molecule has 3 rings (SSSR count). The summed E-state index contributed by atoms with van der Waals surface area (Å²) < 4.78 is 10.7. The molecule has 0 radical (unpaired) electrons. The fourth-order valence-corrected chi connectivity index (χ4v) is 3.10. The SMILES string of the molecule is COC(=O)Nc1ccc2c(c1)OCCC(C)CCC[C@H](N)c1nc-2c[nH]1. The predicted molar refractivity (Wildman–Crippen MR) is 100 cm³/mol. The highest BCUT2D eigenvalue weighted by molar-refractivity contribution is 5.86. The zero-order valence-electron chi connectivity index (χ0n) is 15.2. The molecule has 26 heavy (non-hydrogen) atoms. The van der Waals surface area contributed by atoms with Gasteiger partial charge in [-0.05, 0) is 30.9 Å². The highest BCUT2D eigenvalue weighted by Crippen LogP contribution is 2.33. The number of carbonyl (C=O) groups excluding carboxylic acids is 1. The van der Waals surface area contributed by atoms with Crippen molar-refractivity contribution in [1.29, 1.82) is 0 Å². The smallest absolute Gasteiger partial charge is 0.411 e. The monoisotopic (exact) mass is 358 g/mol. The number of nitrogens with two attached hydrogens (primary N) is 1. The molecule has 1 aromatic carbocycles. The zero-order chi connectivity index (χ0) is 18.5. The summed E-state index contributed by atoms with van der Waals surface area (Å²) in [4.78, 5) is 19.3. The van der Waals surface area contributed by atoms with Crippen LogP contribution in [-0.4, -0.2) is 29.8 Å². The molecule has 1 unspecified atom stereocenters. The molecule has 1 aliphatic rings. The number of methoxy groups -OCH3 is 1. The van der Waals surface area contributed by atoms with Gasteiger partial charge in [-0.25, -0.2) is 9.78 Å². The van der Waals surface area contributed by atoms with Gasteiger partial charge in [0.05, 0.1) is 25.5 Å². The van der Waals surface area contributed by atoms with E-state index in [1.807, 2.05) is 12.3 Å². The Balaban J connectivity index is 1.93. The highest BCUT2D eigenvalue weighted by atomic mass is 16.5. The number of imidazole rings is 1. The molecule has 2 aromatic rings. The number of nitrogens with one attached hydrogen (secondary N) is 2. The van der Waals surface area contributed by atoms with Gasteiger partial charge in [0, 0.05) is 23.5 Å². The summed E-state index contributed by atoms with van der Waals surface area (Å²) in [5, 5.41) is 2.67. The molecule has 7 heteroatoms. The number of nitrogens with zero attached hydrogens (tertiary/aromatic N) is 1. The van der Waals surface area contributed by atoms with Crippen molar-refractivity contribution in [3.8, 4) is 17.0 Å². The van der Waals surface area contributed by atoms with E-state index in [-0.39, 0.29) is 6.04 Å². The predicted octanol–water partition coefficient (Wildman–Crippen LogP) is 3.84. The molecule has 7 nitrogen and oxygen atoms in total. The lowest BCUT2D eigenvalue weighted by molar-refractivity contribution is 0.187. The van der Waals surface area contributed by atoms with Gasteiger partial charge in [0.25, 0.3) is 0 Å². The number of ether oxygens (including phenoxy) is 2. The Morgan fingerprint density at radius 3 is 3.04 bits per heavy atom. The molecule has 1 aromatic heterocycles. The summed E-state index contributed by atoms with van der Waals surface area (Å²) >= 11 is 0. The van der Waals surface area contributed by atoms with Gasteiger partial charge in [-0.2, -0.15) is 0 Å². The van der Waals surface area contributed by atoms with Crippen molar-refractivity contribution >= 4 is 11.8 Å². The van der Waals surface area contributed by atoms with Crippen LogP contribution < -0.4 is 15.8 Å². The topological polar surface area (TPSA) is 102 Å². The largest absolute Gasteiger partial charge is 0.493 e. The van der Waals surface area contributed by atoms with Crippen LogP contribution in [0.5, 0.6) is 5.75 Å². The molecule has 0 aliphatic carbocycles. The number of amides is 1. The molecular weight excluding hydrogens is 332 g/mol. The Kier molecular flexibility index (Phi) is 5.78. The molecule has 1 aliphatic heterocycles. The number of anilines is 1. The van der Waals surface area contributed by atoms with E-state index in [1.54, 1.807) is 12.1 Å². The van der Waals surface area contributed by atoms with E-state index in [1.165, 1.54) is 7.11 Å². The summed E-state index contributed by atoms with van der Waals surface area (Å²) in [6, 6.07) is 5.38. The zero-order valence-corrected chi connectivity index (χ0v) is 15.2. The highest BCUT2D eigenvalue weighted by Gasteiger charge is 2.17. The van der Waals surface area contributed by atoms with Gasteiger partial charge in [0.2, 0.25) is 0 Å². The third kappa shape index (κ3) is 4.35. The minimum absolute atomic E-state index is 0.0960. The molecule has 0 fully saturated rings. The summed E-state index contributed by atoms with van der Waals surface area (Å²) in [6.07, 6.45) is 5.39. The summed E-state index contributed by atoms with van der Waals surface area (Å²) in [6.45, 7) is 2.84. The molecule has 1 amide bonds. The molecule has 4 N–H and O–H groups in total. The van der Waals surface area contributed by atoms with Crippen LogP contribution in [0, 0.1) is 5.92 Å². The summed E-state index contributed by atoms with van der Waals surface area (Å²) in [7, 11) is 1.33. The van der Waals surface area contributed by atoms with Crippen LogP contribution in [0.4, 0.5) is 10.5 Å². The van der Waals surface area contributed by atoms with Crippen LogP contribution in [0.15, 0.2) is 24.4 Å². The lowest BCUT2D eigenvalue weighted by atomic mass is 9.99. The van der Waals surface area contributed by atoms with Crippen LogP contribution in [0.3, 0.4) is 0 Å². The number of benzene rings is 1. The van der Waals surface area contributed by atoms with Crippen molar-refractivity contribution in [1.82, 2.24) is 9.97 Å². The Morgan fingerprint density at radius 1 is 1.38 bits per heavy atom. The second kappa shape index (κ2) is 8.23. The average Bonchev–Trinajstić information content (AvgIpc) is 3.11. The van der Waals surface area contributed by atoms with Crippen molar-refractivity contribution in [3.63, 3.8) is 0 Å². The molecular formula is C19H26N4O3. The Morgan fingerprint density at radius 2 is 2.23 bits per heavy atom. The van der Waals surface area contributed by atoms with Crippen molar-refractivity contribution < 1.29 is 14.3 Å². The van der Waals surface area contributed by atoms with Crippen LogP contribution in [-0.2, 0) is 4.74 Å². The van der Waals surface area contributed by atoms with E-state index in [0.717, 1.165) is 42.8 Å². The lowest BCUT2D eigenvalue weighted by Gasteiger charge is -2.15. The number of rotatable bonds is 1. The molecule has 0 spiro atoms. The molecule has 2 atom stereocenters. The van der Waals surface area contributed by atoms with Crippen LogP contribution >= 0.6 is 0 Å². The summed E-state index contributed by atoms with van der Waals surface area (Å²) in [5.41, 5.74) is 8.53. The standard InChI is InChI=1S/C19H26N4O3/c1-12-4-3-5-15(20)18-21-11-16(23-18)14-7-6-13(22-19(24)25-2)10-17(14)26-9-8-12/h6-7,10-12,15H,3-5,8-9,20H2,1-2H3,(H,21,23)(H,22,24)/t12?,15-/m0/s1. The average molecular weight is 358 g/mol. The minimum Gasteiger partial charge on any atom is -0.493 e. The maximum absolute atomic E-state index is 11.5. The number of H-pyrrole nitrogens is 1. The van der Waals surface area contributed by atoms with Gasteiger partial charge < -0.3 is 20.2 Å². The fraction of sp³-hybridized carbons (Fsp3) is 0.474. The van der Waals surface area contributed by atoms with Crippen molar-refractivity contribution in [3.05, 3.63) is 30.2 Å². The first-order chi connectivity index (χ1) is 12.6. The Hall–Kier alpha value is -2.54. The van der Waals surface area contributed by atoms with Crippen molar-refractivity contribution in [2.75, 3.05) is 19.0 Å². The minimum atomic E-state index is -0.517. The third-order valence-electron chi connectivity index (χ3n) is 4.72. The maximum Gasteiger partial charge on any atom is 0.411 e. The second-order valence-corrected chi connectivity index (χ2v) is 6.78. The summed E-state index contributed by atoms with van der Waals surface area (Å²) in [5.74, 6) is 2.03. The fourth-order valence-electron chi connectivity index (χ4n) is 3.10. The molecule has 2 heterocycles. The molecule has 140 valence electrons. The van der Waals surface area contributed by atoms with Gasteiger partial charge in [0.1, 0.15) is 11.6 Å². The quantitative estimate of drug-likeness (QED) is 0.719. The van der Waals surface area contributed by atoms with Crippen LogP contribution in [0.1, 0.15) is 44.5 Å². The first-order valence-electron chi connectivity index (χ1n) is 9.00. The lowest BCUT2D eigenvalue weighted by Crippen LogP contribution is -2.12. The van der Waals surface area contributed by atoms with Gasteiger partial charge in [0.15, 0.2) is 0 Å². The first kappa shape index (κ1) is 18.3. The first-order valence-corrected chi connectivity index (χ1v) is 9.00. The van der Waals surface area contributed by atoms with Crippen LogP contribution in [0.25, 0.3) is 11.3 Å². The normalized spacial score (nSPS) is 20.6. The molecule has 2 bridgehead atoms. The number of hydrogen-bond acceptors (Lipinski definition) is 5. The Labute approximate surface area is 153 Å². The van der Waals surface area contributed by atoms with E-state index in [4.69, 9.17) is 10.5 Å².